The molecule has 0 radical (unpaired) electrons. The van der Waals surface area contributed by atoms with E-state index in [4.69, 9.17) is 28.3 Å². The van der Waals surface area contributed by atoms with Crippen LogP contribution in [0, 0.1) is 11.6 Å². The van der Waals surface area contributed by atoms with Crippen LogP contribution in [-0.2, 0) is 0 Å². The van der Waals surface area contributed by atoms with E-state index in [1.807, 2.05) is 0 Å². The number of benzene rings is 2. The second kappa shape index (κ2) is 6.29. The summed E-state index contributed by atoms with van der Waals surface area (Å²) in [5.74, 6) is -3.96. The third kappa shape index (κ3) is 3.35. The molecule has 114 valence electrons. The number of carboxylic acid groups (broad SMARTS) is 1. The highest BCUT2D eigenvalue weighted by molar-refractivity contribution is 6.37. The molecule has 0 aliphatic heterocycles. The van der Waals surface area contributed by atoms with Gasteiger partial charge in [-0.15, -0.1) is 0 Å². The lowest BCUT2D eigenvalue weighted by atomic mass is 10.1. The molecule has 0 unspecified atom stereocenters. The van der Waals surface area contributed by atoms with Gasteiger partial charge in [0.25, 0.3) is 5.91 Å². The fourth-order valence-corrected chi connectivity index (χ4v) is 2.10. The minimum Gasteiger partial charge on any atom is -0.478 e. The topological polar surface area (TPSA) is 66.4 Å². The number of anilines is 1. The molecule has 4 nitrogen and oxygen atoms in total. The van der Waals surface area contributed by atoms with Gasteiger partial charge in [0, 0.05) is 0 Å². The maximum absolute atomic E-state index is 13.7. The largest absolute Gasteiger partial charge is 0.478 e. The van der Waals surface area contributed by atoms with Gasteiger partial charge in [0.05, 0.1) is 26.9 Å². The van der Waals surface area contributed by atoms with Crippen LogP contribution in [0.25, 0.3) is 0 Å². The quantitative estimate of drug-likeness (QED) is 0.818. The third-order valence-corrected chi connectivity index (χ3v) is 3.32. The minimum absolute atomic E-state index is 0.105. The minimum atomic E-state index is -1.31. The molecule has 2 aromatic rings. The Kier molecular flexibility index (Phi) is 4.63. The van der Waals surface area contributed by atoms with Crippen molar-refractivity contribution in [2.75, 3.05) is 5.32 Å². The van der Waals surface area contributed by atoms with Gasteiger partial charge in [-0.2, -0.15) is 0 Å². The molecule has 0 heterocycles. The zero-order valence-electron chi connectivity index (χ0n) is 10.7. The molecule has 0 fully saturated rings. The van der Waals surface area contributed by atoms with Crippen LogP contribution < -0.4 is 5.32 Å². The number of carboxylic acids is 1. The molecular formula is C14H7Cl2F2NO3. The summed E-state index contributed by atoms with van der Waals surface area (Å²) in [6.07, 6.45) is 0. The average Bonchev–Trinajstić information content (AvgIpc) is 2.44. The number of amides is 1. The smallest absolute Gasteiger partial charge is 0.335 e. The summed E-state index contributed by atoms with van der Waals surface area (Å²) >= 11 is 11.3. The Morgan fingerprint density at radius 1 is 1.00 bits per heavy atom. The molecule has 0 saturated heterocycles. The van der Waals surface area contributed by atoms with Crippen molar-refractivity contribution in [1.29, 1.82) is 0 Å². The van der Waals surface area contributed by atoms with Crippen molar-refractivity contribution in [2.45, 2.75) is 0 Å². The maximum Gasteiger partial charge on any atom is 0.335 e. The Balaban J connectivity index is 2.30. The highest BCUT2D eigenvalue weighted by atomic mass is 35.5. The van der Waals surface area contributed by atoms with E-state index in [0.717, 1.165) is 30.3 Å². The molecule has 0 saturated carbocycles. The molecule has 0 aliphatic rings. The lowest BCUT2D eigenvalue weighted by molar-refractivity contribution is 0.0696. The Morgan fingerprint density at radius 3 is 2.27 bits per heavy atom. The lowest BCUT2D eigenvalue weighted by Crippen LogP contribution is -2.14. The van der Waals surface area contributed by atoms with Crippen molar-refractivity contribution in [3.63, 3.8) is 0 Å². The summed E-state index contributed by atoms with van der Waals surface area (Å²) in [5.41, 5.74) is -0.766. The predicted octanol–water partition coefficient (Wildman–Crippen LogP) is 4.22. The molecule has 1 amide bonds. The first-order valence-corrected chi connectivity index (χ1v) is 6.54. The standard InChI is InChI=1S/C14H7Cl2F2NO3/c15-8-5-9(16)10(17)4-7(8)13(20)19-12-2-1-6(14(21)22)3-11(12)18/h1-5H,(H,19,20)(H,21,22). The van der Waals surface area contributed by atoms with Gasteiger partial charge in [0.15, 0.2) is 0 Å². The summed E-state index contributed by atoms with van der Waals surface area (Å²) in [5, 5.41) is 10.5. The Labute approximate surface area is 133 Å². The number of hydrogen-bond acceptors (Lipinski definition) is 2. The van der Waals surface area contributed by atoms with E-state index in [0.29, 0.717) is 0 Å². The molecule has 2 aromatic carbocycles. The summed E-state index contributed by atoms with van der Waals surface area (Å²) < 4.78 is 27.1. The first-order chi connectivity index (χ1) is 10.3. The number of hydrogen-bond donors (Lipinski definition) is 2. The van der Waals surface area contributed by atoms with Crippen molar-refractivity contribution >= 4 is 40.8 Å². The lowest BCUT2D eigenvalue weighted by Gasteiger charge is -2.09. The van der Waals surface area contributed by atoms with Gasteiger partial charge >= 0.3 is 5.97 Å². The maximum atomic E-state index is 13.7. The van der Waals surface area contributed by atoms with Crippen molar-refractivity contribution in [1.82, 2.24) is 0 Å². The molecule has 2 rings (SSSR count). The summed E-state index contributed by atoms with van der Waals surface area (Å²) in [7, 11) is 0. The molecule has 0 spiro atoms. The van der Waals surface area contributed by atoms with Gasteiger partial charge in [0.1, 0.15) is 11.6 Å². The molecule has 8 heteroatoms. The van der Waals surface area contributed by atoms with Crippen LogP contribution in [0.5, 0.6) is 0 Å². The molecule has 0 aliphatic carbocycles. The normalized spacial score (nSPS) is 10.4. The monoisotopic (exact) mass is 345 g/mol. The number of rotatable bonds is 3. The van der Waals surface area contributed by atoms with E-state index >= 15 is 0 Å². The van der Waals surface area contributed by atoms with Crippen LogP contribution in [0.3, 0.4) is 0 Å². The van der Waals surface area contributed by atoms with Crippen LogP contribution in [-0.4, -0.2) is 17.0 Å². The fraction of sp³-hybridized carbons (Fsp3) is 0. The van der Waals surface area contributed by atoms with Crippen molar-refractivity contribution in [3.05, 3.63) is 63.1 Å². The molecule has 0 atom stereocenters. The van der Waals surface area contributed by atoms with Crippen LogP contribution in [0.15, 0.2) is 30.3 Å². The van der Waals surface area contributed by atoms with E-state index in [2.05, 4.69) is 5.32 Å². The van der Waals surface area contributed by atoms with Gasteiger partial charge in [-0.1, -0.05) is 23.2 Å². The summed E-state index contributed by atoms with van der Waals surface area (Å²) in [6.45, 7) is 0. The summed E-state index contributed by atoms with van der Waals surface area (Å²) in [4.78, 5) is 22.7. The molecular weight excluding hydrogens is 339 g/mol. The van der Waals surface area contributed by atoms with Crippen LogP contribution >= 0.6 is 23.2 Å². The van der Waals surface area contributed by atoms with E-state index in [-0.39, 0.29) is 26.9 Å². The Bertz CT molecular complexity index is 781. The van der Waals surface area contributed by atoms with Crippen molar-refractivity contribution in [2.24, 2.45) is 0 Å². The molecule has 22 heavy (non-hydrogen) atoms. The Morgan fingerprint density at radius 2 is 1.68 bits per heavy atom. The van der Waals surface area contributed by atoms with Crippen molar-refractivity contribution < 1.29 is 23.5 Å². The van der Waals surface area contributed by atoms with Crippen LogP contribution in [0.1, 0.15) is 20.7 Å². The Hall–Kier alpha value is -2.18. The first-order valence-electron chi connectivity index (χ1n) is 5.78. The predicted molar refractivity (Wildman–Crippen MR) is 77.7 cm³/mol. The van der Waals surface area contributed by atoms with Gasteiger partial charge < -0.3 is 10.4 Å². The third-order valence-electron chi connectivity index (χ3n) is 2.72. The van der Waals surface area contributed by atoms with Gasteiger partial charge in [-0.05, 0) is 30.3 Å². The van der Waals surface area contributed by atoms with Crippen LogP contribution in [0.4, 0.5) is 14.5 Å². The van der Waals surface area contributed by atoms with Gasteiger partial charge in [-0.25, -0.2) is 13.6 Å². The second-order valence-electron chi connectivity index (χ2n) is 4.20. The van der Waals surface area contributed by atoms with E-state index in [1.54, 1.807) is 0 Å². The zero-order chi connectivity index (χ0) is 16.4. The highest BCUT2D eigenvalue weighted by Gasteiger charge is 2.16. The second-order valence-corrected chi connectivity index (χ2v) is 5.01. The van der Waals surface area contributed by atoms with E-state index in [9.17, 15) is 18.4 Å². The molecule has 2 N–H and O–H groups in total. The highest BCUT2D eigenvalue weighted by Crippen LogP contribution is 2.25. The number of aromatic carboxylic acids is 1. The fourth-order valence-electron chi connectivity index (χ4n) is 1.64. The number of halogens is 4. The van der Waals surface area contributed by atoms with Gasteiger partial charge in [0.2, 0.25) is 0 Å². The zero-order valence-corrected chi connectivity index (χ0v) is 12.2. The van der Waals surface area contributed by atoms with Gasteiger partial charge in [-0.3, -0.25) is 4.79 Å². The molecule has 0 aromatic heterocycles. The number of nitrogens with one attached hydrogen (secondary N) is 1. The number of carbonyl (C=O) groups excluding carboxylic acids is 1. The average molecular weight is 346 g/mol. The van der Waals surface area contributed by atoms with E-state index in [1.165, 1.54) is 0 Å². The SMILES string of the molecule is O=C(O)c1ccc(NC(=O)c2cc(F)c(Cl)cc2Cl)c(F)c1. The first kappa shape index (κ1) is 16.2. The summed E-state index contributed by atoms with van der Waals surface area (Å²) in [6, 6.07) is 4.82. The van der Waals surface area contributed by atoms with E-state index < -0.39 is 23.5 Å². The van der Waals surface area contributed by atoms with Crippen molar-refractivity contribution in [3.8, 4) is 0 Å². The number of carbonyl (C=O) groups is 2. The molecule has 0 bridgehead atoms. The van der Waals surface area contributed by atoms with Crippen LogP contribution in [0.2, 0.25) is 10.0 Å².